The van der Waals surface area contributed by atoms with Gasteiger partial charge in [0.15, 0.2) is 5.96 Å². The van der Waals surface area contributed by atoms with E-state index >= 15 is 0 Å². The van der Waals surface area contributed by atoms with Gasteiger partial charge in [-0.25, -0.2) is 4.68 Å². The van der Waals surface area contributed by atoms with Gasteiger partial charge in [-0.05, 0) is 43.0 Å². The minimum Gasteiger partial charge on any atom is -0.373 e. The summed E-state index contributed by atoms with van der Waals surface area (Å²) in [6.45, 7) is 0.737. The van der Waals surface area contributed by atoms with Crippen LogP contribution in [0.1, 0.15) is 24.8 Å². The van der Waals surface area contributed by atoms with Crippen LogP contribution >= 0.6 is 0 Å². The summed E-state index contributed by atoms with van der Waals surface area (Å²) in [4.78, 5) is 4.33. The van der Waals surface area contributed by atoms with E-state index in [4.69, 9.17) is 4.74 Å². The van der Waals surface area contributed by atoms with Crippen LogP contribution in [0.3, 0.4) is 0 Å². The molecule has 0 saturated carbocycles. The smallest absolute Gasteiger partial charge is 0.191 e. The lowest BCUT2D eigenvalue weighted by molar-refractivity contribution is 0.0992. The maximum absolute atomic E-state index is 5.89. The van der Waals surface area contributed by atoms with Crippen molar-refractivity contribution in [1.29, 1.82) is 0 Å². The molecular formula is C18H23N5O. The highest BCUT2D eigenvalue weighted by Crippen LogP contribution is 2.34. The lowest BCUT2D eigenvalue weighted by Crippen LogP contribution is -2.47. The van der Waals surface area contributed by atoms with E-state index in [9.17, 15) is 0 Å². The first-order valence-corrected chi connectivity index (χ1v) is 8.53. The van der Waals surface area contributed by atoms with Gasteiger partial charge in [-0.2, -0.15) is 5.10 Å². The molecule has 2 aromatic rings. The van der Waals surface area contributed by atoms with Gasteiger partial charge in [-0.3, -0.25) is 4.99 Å². The zero-order chi connectivity index (χ0) is 16.4. The Labute approximate surface area is 141 Å². The van der Waals surface area contributed by atoms with Crippen molar-refractivity contribution in [2.24, 2.45) is 4.99 Å². The maximum atomic E-state index is 5.89. The molecule has 3 atom stereocenters. The molecular weight excluding hydrogens is 302 g/mol. The lowest BCUT2D eigenvalue weighted by atomic mass is 9.96. The van der Waals surface area contributed by atoms with E-state index < -0.39 is 0 Å². The van der Waals surface area contributed by atoms with Crippen molar-refractivity contribution in [2.75, 3.05) is 7.05 Å². The Morgan fingerprint density at radius 3 is 2.83 bits per heavy atom. The Bertz CT molecular complexity index is 695. The molecule has 2 bridgehead atoms. The van der Waals surface area contributed by atoms with Gasteiger partial charge in [-0.15, -0.1) is 0 Å². The number of benzene rings is 1. The molecule has 126 valence electrons. The van der Waals surface area contributed by atoms with E-state index in [0.29, 0.717) is 18.2 Å². The summed E-state index contributed by atoms with van der Waals surface area (Å²) in [5, 5.41) is 11.1. The van der Waals surface area contributed by atoms with Crippen molar-refractivity contribution >= 4 is 5.96 Å². The van der Waals surface area contributed by atoms with Crippen molar-refractivity contribution < 1.29 is 4.74 Å². The Morgan fingerprint density at radius 2 is 2.21 bits per heavy atom. The van der Waals surface area contributed by atoms with Gasteiger partial charge >= 0.3 is 0 Å². The number of hydrogen-bond donors (Lipinski definition) is 2. The molecule has 2 fully saturated rings. The van der Waals surface area contributed by atoms with Crippen molar-refractivity contribution in [3.8, 4) is 5.69 Å². The second-order valence-electron chi connectivity index (χ2n) is 6.40. The molecule has 1 aromatic heterocycles. The second-order valence-corrected chi connectivity index (χ2v) is 6.40. The zero-order valence-electron chi connectivity index (χ0n) is 13.9. The van der Waals surface area contributed by atoms with Gasteiger partial charge in [0.05, 0.1) is 23.9 Å². The fourth-order valence-electron chi connectivity index (χ4n) is 3.53. The second kappa shape index (κ2) is 6.65. The van der Waals surface area contributed by atoms with E-state index in [1.54, 1.807) is 6.20 Å². The molecule has 6 heteroatoms. The van der Waals surface area contributed by atoms with Crippen LogP contribution in [0.2, 0.25) is 0 Å². The fraction of sp³-hybridized carbons (Fsp3) is 0.444. The highest BCUT2D eigenvalue weighted by molar-refractivity contribution is 5.80. The highest BCUT2D eigenvalue weighted by Gasteiger charge is 2.41. The van der Waals surface area contributed by atoms with Crippen molar-refractivity contribution in [1.82, 2.24) is 20.4 Å². The number of fused-ring (bicyclic) bond motifs is 2. The standard InChI is InChI=1S/C18H23N5O/c1-19-18(22-16-11-15-7-8-17(16)24-15)20-12-13-3-5-14(6-4-13)23-10-2-9-21-23/h2-6,9-10,15-17H,7-8,11-12H2,1H3,(H2,19,20,22). The van der Waals surface area contributed by atoms with Crippen LogP contribution in [-0.4, -0.2) is 41.0 Å². The molecule has 2 aliphatic heterocycles. The summed E-state index contributed by atoms with van der Waals surface area (Å²) in [5.41, 5.74) is 2.27. The molecule has 0 aliphatic carbocycles. The number of hydrogen-bond acceptors (Lipinski definition) is 3. The first-order chi connectivity index (χ1) is 11.8. The topological polar surface area (TPSA) is 63.5 Å². The number of aliphatic imine (C=N–C) groups is 1. The molecule has 2 saturated heterocycles. The number of nitrogens with one attached hydrogen (secondary N) is 2. The number of aromatic nitrogens is 2. The number of guanidine groups is 1. The van der Waals surface area contributed by atoms with Crippen LogP contribution in [-0.2, 0) is 11.3 Å². The normalized spacial score (nSPS) is 25.9. The van der Waals surface area contributed by atoms with Gasteiger partial charge in [0.1, 0.15) is 0 Å². The molecule has 0 radical (unpaired) electrons. The number of nitrogens with zero attached hydrogens (tertiary/aromatic N) is 3. The Morgan fingerprint density at radius 1 is 1.33 bits per heavy atom. The molecule has 4 rings (SSSR count). The molecule has 2 aliphatic rings. The summed E-state index contributed by atoms with van der Waals surface area (Å²) in [6, 6.07) is 10.7. The average molecular weight is 325 g/mol. The Kier molecular flexibility index (Phi) is 4.21. The summed E-state index contributed by atoms with van der Waals surface area (Å²) < 4.78 is 7.74. The summed E-state index contributed by atoms with van der Waals surface area (Å²) in [6.07, 6.45) is 7.97. The molecule has 3 unspecified atom stereocenters. The van der Waals surface area contributed by atoms with Crippen LogP contribution in [0.5, 0.6) is 0 Å². The van der Waals surface area contributed by atoms with Crippen LogP contribution in [0.15, 0.2) is 47.7 Å². The SMILES string of the molecule is CN=C(NCc1ccc(-n2cccn2)cc1)NC1CC2CCC1O2. The maximum Gasteiger partial charge on any atom is 0.191 e. The van der Waals surface area contributed by atoms with E-state index in [2.05, 4.69) is 45.0 Å². The van der Waals surface area contributed by atoms with Crippen molar-refractivity contribution in [3.63, 3.8) is 0 Å². The quantitative estimate of drug-likeness (QED) is 0.665. The van der Waals surface area contributed by atoms with Gasteiger partial charge < -0.3 is 15.4 Å². The molecule has 1 aromatic carbocycles. The summed E-state index contributed by atoms with van der Waals surface area (Å²) >= 11 is 0. The summed E-state index contributed by atoms with van der Waals surface area (Å²) in [5.74, 6) is 0.840. The van der Waals surface area contributed by atoms with E-state index in [1.807, 2.05) is 24.0 Å². The molecule has 0 spiro atoms. The largest absolute Gasteiger partial charge is 0.373 e. The third-order valence-corrected chi connectivity index (χ3v) is 4.82. The van der Waals surface area contributed by atoms with E-state index in [1.165, 1.54) is 12.0 Å². The van der Waals surface area contributed by atoms with E-state index in [-0.39, 0.29) is 0 Å². The third-order valence-electron chi connectivity index (χ3n) is 4.82. The Hall–Kier alpha value is -2.34. The third kappa shape index (κ3) is 3.14. The van der Waals surface area contributed by atoms with Gasteiger partial charge in [0, 0.05) is 26.0 Å². The summed E-state index contributed by atoms with van der Waals surface area (Å²) in [7, 11) is 1.81. The molecule has 3 heterocycles. The zero-order valence-corrected chi connectivity index (χ0v) is 13.9. The average Bonchev–Trinajstić information content (AvgIpc) is 3.36. The van der Waals surface area contributed by atoms with Crippen LogP contribution in [0, 0.1) is 0 Å². The van der Waals surface area contributed by atoms with Crippen molar-refractivity contribution in [2.45, 2.75) is 44.1 Å². The monoisotopic (exact) mass is 325 g/mol. The lowest BCUT2D eigenvalue weighted by Gasteiger charge is -2.22. The molecule has 6 nitrogen and oxygen atoms in total. The highest BCUT2D eigenvalue weighted by atomic mass is 16.5. The first kappa shape index (κ1) is 15.2. The van der Waals surface area contributed by atoms with Gasteiger partial charge in [-0.1, -0.05) is 12.1 Å². The van der Waals surface area contributed by atoms with Crippen LogP contribution in [0.4, 0.5) is 0 Å². The predicted molar refractivity (Wildman–Crippen MR) is 93.2 cm³/mol. The number of rotatable bonds is 4. The predicted octanol–water partition coefficient (Wildman–Crippen LogP) is 1.86. The van der Waals surface area contributed by atoms with Crippen LogP contribution < -0.4 is 10.6 Å². The van der Waals surface area contributed by atoms with Crippen LogP contribution in [0.25, 0.3) is 5.69 Å². The van der Waals surface area contributed by atoms with Gasteiger partial charge in [0.25, 0.3) is 0 Å². The van der Waals surface area contributed by atoms with E-state index in [0.717, 1.165) is 31.0 Å². The van der Waals surface area contributed by atoms with Crippen molar-refractivity contribution in [3.05, 3.63) is 48.3 Å². The first-order valence-electron chi connectivity index (χ1n) is 8.53. The molecule has 24 heavy (non-hydrogen) atoms. The minimum atomic E-state index is 0.349. The van der Waals surface area contributed by atoms with Gasteiger partial charge in [0.2, 0.25) is 0 Å². The molecule has 0 amide bonds. The molecule has 2 N–H and O–H groups in total. The number of ether oxygens (including phenoxy) is 1. The Balaban J connectivity index is 1.32. The fourth-order valence-corrected chi connectivity index (χ4v) is 3.53. The minimum absolute atomic E-state index is 0.349.